The molecule has 0 aliphatic heterocycles. The Hall–Kier alpha value is -1.23. The first kappa shape index (κ1) is 7.42. The fraction of sp³-hybridized carbons (Fsp3) is 0. The van der Waals surface area contributed by atoms with Crippen molar-refractivity contribution in [3.05, 3.63) is 29.1 Å². The molecule has 0 amide bonds. The van der Waals surface area contributed by atoms with Gasteiger partial charge in [0.25, 0.3) is 0 Å². The van der Waals surface area contributed by atoms with Crippen molar-refractivity contribution in [3.8, 4) is 11.5 Å². The van der Waals surface area contributed by atoms with E-state index in [1.165, 1.54) is 0 Å². The van der Waals surface area contributed by atoms with Crippen LogP contribution in [0.2, 0.25) is 0 Å². The quantitative estimate of drug-likeness (QED) is 0.750. The van der Waals surface area contributed by atoms with Gasteiger partial charge in [-0.2, -0.15) is 5.10 Å². The zero-order valence-corrected chi connectivity index (χ0v) is 7.62. The highest BCUT2D eigenvalue weighted by Gasteiger charge is 2.00. The molecule has 2 heterocycles. The smallest absolute Gasteiger partial charge is 0.178 e. The minimum absolute atomic E-state index is 0.641. The molecule has 0 aromatic carbocycles. The van der Waals surface area contributed by atoms with Crippen molar-refractivity contribution in [2.45, 2.75) is 0 Å². The van der Waals surface area contributed by atoms with Gasteiger partial charge in [0.15, 0.2) is 5.82 Å². The highest BCUT2D eigenvalue weighted by atomic mass is 79.9. The summed E-state index contributed by atoms with van der Waals surface area (Å²) in [6, 6.07) is 3.60. The summed E-state index contributed by atoms with van der Waals surface area (Å²) in [6.45, 7) is 0. The van der Waals surface area contributed by atoms with E-state index in [1.54, 1.807) is 18.5 Å². The lowest BCUT2D eigenvalue weighted by atomic mass is 10.4. The Morgan fingerprint density at radius 2 is 2.17 bits per heavy atom. The summed E-state index contributed by atoms with van der Waals surface area (Å²) in [5.41, 5.74) is 0.816. The van der Waals surface area contributed by atoms with Gasteiger partial charge < -0.3 is 0 Å². The number of hydrogen-bond acceptors (Lipinski definition) is 3. The number of aromatic amines is 1. The van der Waals surface area contributed by atoms with Crippen molar-refractivity contribution in [1.29, 1.82) is 0 Å². The second-order valence-corrected chi connectivity index (χ2v) is 2.99. The average molecular weight is 225 g/mol. The van der Waals surface area contributed by atoms with Gasteiger partial charge in [0.05, 0.1) is 0 Å². The molecule has 0 unspecified atom stereocenters. The van der Waals surface area contributed by atoms with Gasteiger partial charge in [0.2, 0.25) is 0 Å². The number of H-pyrrole nitrogens is 1. The third kappa shape index (κ3) is 1.35. The Morgan fingerprint density at radius 1 is 1.25 bits per heavy atom. The van der Waals surface area contributed by atoms with Gasteiger partial charge in [0.1, 0.15) is 10.3 Å². The van der Waals surface area contributed by atoms with Crippen molar-refractivity contribution in [3.63, 3.8) is 0 Å². The van der Waals surface area contributed by atoms with Crippen LogP contribution in [-0.2, 0) is 0 Å². The molecule has 0 spiro atoms. The molecule has 5 heteroatoms. The van der Waals surface area contributed by atoms with Gasteiger partial charge in [-0.15, -0.1) is 0 Å². The maximum absolute atomic E-state index is 4.15. The molecule has 2 aromatic rings. The maximum Gasteiger partial charge on any atom is 0.178 e. The first-order valence-corrected chi connectivity index (χ1v) is 4.14. The molecule has 0 aliphatic carbocycles. The minimum atomic E-state index is 0.641. The normalized spacial score (nSPS) is 10.1. The maximum atomic E-state index is 4.15. The zero-order valence-electron chi connectivity index (χ0n) is 6.03. The third-order valence-corrected chi connectivity index (χ3v) is 1.80. The Kier molecular flexibility index (Phi) is 1.87. The third-order valence-electron chi connectivity index (χ3n) is 1.36. The minimum Gasteiger partial charge on any atom is -0.275 e. The molecular formula is C7H5BrN4. The number of nitrogens with zero attached hydrogens (tertiary/aromatic N) is 3. The molecule has 0 fully saturated rings. The summed E-state index contributed by atoms with van der Waals surface area (Å²) in [5, 5.41) is 6.59. The molecule has 2 rings (SSSR count). The van der Waals surface area contributed by atoms with E-state index < -0.39 is 0 Å². The van der Waals surface area contributed by atoms with Gasteiger partial charge in [-0.3, -0.25) is 5.10 Å². The predicted molar refractivity (Wildman–Crippen MR) is 47.3 cm³/mol. The molecular weight excluding hydrogens is 220 g/mol. The number of hydrogen-bond donors (Lipinski definition) is 1. The molecule has 60 valence electrons. The summed E-state index contributed by atoms with van der Waals surface area (Å²) in [4.78, 5) is 8.22. The fourth-order valence-electron chi connectivity index (χ4n) is 0.847. The molecule has 0 atom stereocenters. The van der Waals surface area contributed by atoms with Crippen LogP contribution >= 0.6 is 15.9 Å². The first-order valence-electron chi connectivity index (χ1n) is 3.34. The summed E-state index contributed by atoms with van der Waals surface area (Å²) in [6.07, 6.45) is 3.35. The average Bonchev–Trinajstić information content (AvgIpc) is 2.56. The fourth-order valence-corrected chi connectivity index (χ4v) is 1.13. The Bertz CT molecular complexity index is 371. The lowest BCUT2D eigenvalue weighted by Crippen LogP contribution is -1.88. The number of aromatic nitrogens is 4. The molecule has 0 radical (unpaired) electrons. The molecule has 4 nitrogen and oxygen atoms in total. The standard InChI is InChI=1S/C7H5BrN4/c8-6-2-3-9-7(11-6)5-1-4-10-12-5/h1-4H,(H,10,12). The van der Waals surface area contributed by atoms with Gasteiger partial charge in [0, 0.05) is 12.4 Å². The van der Waals surface area contributed by atoms with Crippen LogP contribution in [0.5, 0.6) is 0 Å². The number of halogens is 1. The van der Waals surface area contributed by atoms with E-state index in [-0.39, 0.29) is 0 Å². The van der Waals surface area contributed by atoms with E-state index in [4.69, 9.17) is 0 Å². The van der Waals surface area contributed by atoms with Crippen molar-refractivity contribution in [1.82, 2.24) is 20.2 Å². The SMILES string of the molecule is Brc1ccnc(-c2ccn[nH]2)n1. The topological polar surface area (TPSA) is 54.5 Å². The number of nitrogens with one attached hydrogen (secondary N) is 1. The second kappa shape index (κ2) is 3.02. The molecule has 0 aliphatic rings. The summed E-state index contributed by atoms with van der Waals surface area (Å²) >= 11 is 3.26. The molecule has 0 saturated heterocycles. The van der Waals surface area contributed by atoms with Crippen LogP contribution in [-0.4, -0.2) is 20.2 Å². The molecule has 1 N–H and O–H groups in total. The van der Waals surface area contributed by atoms with E-state index in [9.17, 15) is 0 Å². The van der Waals surface area contributed by atoms with Crippen LogP contribution in [0.3, 0.4) is 0 Å². The van der Waals surface area contributed by atoms with Crippen LogP contribution in [0.25, 0.3) is 11.5 Å². The van der Waals surface area contributed by atoms with Gasteiger partial charge in [-0.1, -0.05) is 0 Å². The molecule has 2 aromatic heterocycles. The highest BCUT2D eigenvalue weighted by Crippen LogP contribution is 2.12. The van der Waals surface area contributed by atoms with Crippen molar-refractivity contribution < 1.29 is 0 Å². The van der Waals surface area contributed by atoms with Crippen molar-refractivity contribution in [2.24, 2.45) is 0 Å². The summed E-state index contributed by atoms with van der Waals surface area (Å²) < 4.78 is 0.766. The Labute approximate surface area is 77.2 Å². The van der Waals surface area contributed by atoms with Crippen LogP contribution in [0, 0.1) is 0 Å². The van der Waals surface area contributed by atoms with E-state index in [1.807, 2.05) is 6.07 Å². The lowest BCUT2D eigenvalue weighted by molar-refractivity contribution is 1.06. The van der Waals surface area contributed by atoms with Crippen molar-refractivity contribution >= 4 is 15.9 Å². The van der Waals surface area contributed by atoms with E-state index >= 15 is 0 Å². The van der Waals surface area contributed by atoms with Gasteiger partial charge in [-0.05, 0) is 28.1 Å². The van der Waals surface area contributed by atoms with E-state index in [2.05, 4.69) is 36.1 Å². The Morgan fingerprint density at radius 3 is 2.83 bits per heavy atom. The summed E-state index contributed by atoms with van der Waals surface area (Å²) in [7, 11) is 0. The molecule has 0 saturated carbocycles. The van der Waals surface area contributed by atoms with E-state index in [0.717, 1.165) is 10.3 Å². The van der Waals surface area contributed by atoms with Gasteiger partial charge in [-0.25, -0.2) is 9.97 Å². The van der Waals surface area contributed by atoms with Crippen LogP contribution in [0.15, 0.2) is 29.1 Å². The van der Waals surface area contributed by atoms with Crippen LogP contribution in [0.1, 0.15) is 0 Å². The predicted octanol–water partition coefficient (Wildman–Crippen LogP) is 1.63. The molecule has 12 heavy (non-hydrogen) atoms. The van der Waals surface area contributed by atoms with Crippen LogP contribution < -0.4 is 0 Å². The zero-order chi connectivity index (χ0) is 8.39. The lowest BCUT2D eigenvalue weighted by Gasteiger charge is -1.94. The monoisotopic (exact) mass is 224 g/mol. The highest BCUT2D eigenvalue weighted by molar-refractivity contribution is 9.10. The summed E-state index contributed by atoms with van der Waals surface area (Å²) in [5.74, 6) is 0.641. The van der Waals surface area contributed by atoms with E-state index in [0.29, 0.717) is 5.82 Å². The first-order chi connectivity index (χ1) is 5.86. The molecule has 0 bridgehead atoms. The number of rotatable bonds is 1. The van der Waals surface area contributed by atoms with Crippen molar-refractivity contribution in [2.75, 3.05) is 0 Å². The second-order valence-electron chi connectivity index (χ2n) is 2.17. The largest absolute Gasteiger partial charge is 0.275 e. The van der Waals surface area contributed by atoms with Gasteiger partial charge >= 0.3 is 0 Å². The Balaban J connectivity index is 2.48. The van der Waals surface area contributed by atoms with Crippen LogP contribution in [0.4, 0.5) is 0 Å².